The van der Waals surface area contributed by atoms with Gasteiger partial charge in [0, 0.05) is 10.4 Å². The molecule has 19 heavy (non-hydrogen) atoms. The number of aliphatic carboxylic acids is 1. The van der Waals surface area contributed by atoms with Gasteiger partial charge in [-0.1, -0.05) is 0 Å². The third-order valence-corrected chi connectivity index (χ3v) is 4.50. The highest BCUT2D eigenvalue weighted by Gasteiger charge is 2.26. The summed E-state index contributed by atoms with van der Waals surface area (Å²) in [6.45, 7) is 3.46. The van der Waals surface area contributed by atoms with Crippen molar-refractivity contribution in [2.45, 2.75) is 51.5 Å². The fraction of sp³-hybridized carbons (Fsp3) is 0.571. The molecule has 5 heteroatoms. The van der Waals surface area contributed by atoms with Gasteiger partial charge in [0.25, 0.3) is 5.91 Å². The second kappa shape index (κ2) is 5.33. The Morgan fingerprint density at radius 3 is 2.68 bits per heavy atom. The molecule has 104 valence electrons. The molecule has 2 rings (SSSR count). The largest absolute Gasteiger partial charge is 0.481 e. The van der Waals surface area contributed by atoms with Crippen molar-refractivity contribution in [1.29, 1.82) is 0 Å². The number of rotatable bonds is 4. The van der Waals surface area contributed by atoms with Crippen LogP contribution < -0.4 is 5.32 Å². The summed E-state index contributed by atoms with van der Waals surface area (Å²) in [5.41, 5.74) is 0.561. The van der Waals surface area contributed by atoms with Crippen molar-refractivity contribution in [3.05, 3.63) is 21.4 Å². The third-order valence-electron chi connectivity index (χ3n) is 3.27. The molecule has 0 bridgehead atoms. The Balaban J connectivity index is 2.07. The Labute approximate surface area is 116 Å². The van der Waals surface area contributed by atoms with Crippen molar-refractivity contribution < 1.29 is 14.7 Å². The molecule has 0 aliphatic heterocycles. The first-order chi connectivity index (χ1) is 8.87. The van der Waals surface area contributed by atoms with Crippen LogP contribution in [0.15, 0.2) is 6.07 Å². The molecule has 0 aromatic carbocycles. The first-order valence-corrected chi connectivity index (χ1v) is 7.35. The van der Waals surface area contributed by atoms with E-state index in [2.05, 4.69) is 5.32 Å². The van der Waals surface area contributed by atoms with Crippen LogP contribution in [-0.4, -0.2) is 22.5 Å². The summed E-state index contributed by atoms with van der Waals surface area (Å²) in [5.74, 6) is -1.07. The highest BCUT2D eigenvalue weighted by atomic mass is 32.1. The Hall–Kier alpha value is -1.36. The van der Waals surface area contributed by atoms with Crippen LogP contribution in [0.4, 0.5) is 0 Å². The quantitative estimate of drug-likeness (QED) is 0.891. The molecule has 1 aliphatic carbocycles. The van der Waals surface area contributed by atoms with E-state index in [1.165, 1.54) is 23.3 Å². The molecule has 0 atom stereocenters. The van der Waals surface area contributed by atoms with E-state index in [-0.39, 0.29) is 12.3 Å². The van der Waals surface area contributed by atoms with Gasteiger partial charge in [0.2, 0.25) is 0 Å². The predicted molar refractivity (Wildman–Crippen MR) is 74.8 cm³/mol. The number of carboxylic acid groups (broad SMARTS) is 1. The summed E-state index contributed by atoms with van der Waals surface area (Å²) >= 11 is 1.54. The highest BCUT2D eigenvalue weighted by Crippen LogP contribution is 2.29. The van der Waals surface area contributed by atoms with Gasteiger partial charge in [0.15, 0.2) is 0 Å². The van der Waals surface area contributed by atoms with Crippen molar-refractivity contribution >= 4 is 23.2 Å². The van der Waals surface area contributed by atoms with Gasteiger partial charge >= 0.3 is 5.97 Å². The van der Waals surface area contributed by atoms with Gasteiger partial charge in [-0.2, -0.15) is 0 Å². The average Bonchev–Trinajstić information content (AvgIpc) is 2.69. The summed E-state index contributed by atoms with van der Waals surface area (Å²) in [4.78, 5) is 24.9. The lowest BCUT2D eigenvalue weighted by Crippen LogP contribution is -2.44. The SMILES string of the molecule is CC(C)(CC(=O)O)NC(=O)c1cc2c(s1)CCCC2. The third kappa shape index (κ3) is 3.56. The minimum absolute atomic E-state index is 0.0795. The van der Waals surface area contributed by atoms with E-state index in [9.17, 15) is 9.59 Å². The number of hydrogen-bond acceptors (Lipinski definition) is 3. The van der Waals surface area contributed by atoms with Crippen LogP contribution in [0.25, 0.3) is 0 Å². The number of thiophene rings is 1. The lowest BCUT2D eigenvalue weighted by atomic mass is 9.99. The van der Waals surface area contributed by atoms with Gasteiger partial charge in [0.1, 0.15) is 0 Å². The van der Waals surface area contributed by atoms with Gasteiger partial charge in [0.05, 0.1) is 11.3 Å². The van der Waals surface area contributed by atoms with E-state index in [4.69, 9.17) is 5.11 Å². The number of amides is 1. The summed E-state index contributed by atoms with van der Waals surface area (Å²) in [6.07, 6.45) is 4.42. The lowest BCUT2D eigenvalue weighted by Gasteiger charge is -2.23. The average molecular weight is 281 g/mol. The fourth-order valence-electron chi connectivity index (χ4n) is 2.39. The van der Waals surface area contributed by atoms with Gasteiger partial charge in [-0.25, -0.2) is 0 Å². The van der Waals surface area contributed by atoms with Crippen LogP contribution in [0.5, 0.6) is 0 Å². The monoisotopic (exact) mass is 281 g/mol. The molecule has 1 heterocycles. The fourth-order valence-corrected chi connectivity index (χ4v) is 3.54. The van der Waals surface area contributed by atoms with Crippen LogP contribution in [-0.2, 0) is 17.6 Å². The zero-order chi connectivity index (χ0) is 14.0. The molecular weight excluding hydrogens is 262 g/mol. The van der Waals surface area contributed by atoms with Crippen molar-refractivity contribution in [2.75, 3.05) is 0 Å². The highest BCUT2D eigenvalue weighted by molar-refractivity contribution is 7.14. The number of nitrogens with one attached hydrogen (secondary N) is 1. The number of carboxylic acids is 1. The standard InChI is InChI=1S/C14H19NO3S/c1-14(2,8-12(16)17)15-13(18)11-7-9-5-3-4-6-10(9)19-11/h7H,3-6,8H2,1-2H3,(H,15,18)(H,16,17). The van der Waals surface area contributed by atoms with Gasteiger partial charge < -0.3 is 10.4 Å². The minimum Gasteiger partial charge on any atom is -0.481 e. The van der Waals surface area contributed by atoms with Crippen LogP contribution in [0.2, 0.25) is 0 Å². The molecule has 2 N–H and O–H groups in total. The van der Waals surface area contributed by atoms with Crippen LogP contribution in [0.3, 0.4) is 0 Å². The maximum absolute atomic E-state index is 12.2. The smallest absolute Gasteiger partial charge is 0.305 e. The van der Waals surface area contributed by atoms with E-state index in [1.54, 1.807) is 25.2 Å². The lowest BCUT2D eigenvalue weighted by molar-refractivity contribution is -0.138. The maximum atomic E-state index is 12.2. The van der Waals surface area contributed by atoms with Gasteiger partial charge in [-0.15, -0.1) is 11.3 Å². The number of carbonyl (C=O) groups is 2. The molecule has 1 aromatic rings. The maximum Gasteiger partial charge on any atom is 0.305 e. The Morgan fingerprint density at radius 2 is 2.05 bits per heavy atom. The molecule has 4 nitrogen and oxygen atoms in total. The Kier molecular flexibility index (Phi) is 3.94. The second-order valence-electron chi connectivity index (χ2n) is 5.67. The summed E-state index contributed by atoms with van der Waals surface area (Å²) in [7, 11) is 0. The zero-order valence-corrected chi connectivity index (χ0v) is 12.1. The minimum atomic E-state index is -0.907. The normalized spacial score (nSPS) is 14.8. The molecule has 0 saturated heterocycles. The molecular formula is C14H19NO3S. The molecule has 0 saturated carbocycles. The predicted octanol–water partition coefficient (Wildman–Crippen LogP) is 2.61. The molecule has 0 radical (unpaired) electrons. The number of carbonyl (C=O) groups excluding carboxylic acids is 1. The van der Waals surface area contributed by atoms with E-state index in [0.717, 1.165) is 12.8 Å². The first-order valence-electron chi connectivity index (χ1n) is 6.53. The van der Waals surface area contributed by atoms with E-state index in [0.29, 0.717) is 4.88 Å². The number of fused-ring (bicyclic) bond motifs is 1. The van der Waals surface area contributed by atoms with E-state index in [1.807, 2.05) is 6.07 Å². The molecule has 1 aromatic heterocycles. The van der Waals surface area contributed by atoms with Crippen molar-refractivity contribution in [1.82, 2.24) is 5.32 Å². The van der Waals surface area contributed by atoms with Gasteiger partial charge in [-0.3, -0.25) is 9.59 Å². The molecule has 1 amide bonds. The van der Waals surface area contributed by atoms with Crippen LogP contribution in [0, 0.1) is 0 Å². The van der Waals surface area contributed by atoms with Crippen molar-refractivity contribution in [2.24, 2.45) is 0 Å². The second-order valence-corrected chi connectivity index (χ2v) is 6.81. The molecule has 0 fully saturated rings. The summed E-state index contributed by atoms with van der Waals surface area (Å²) < 4.78 is 0. The van der Waals surface area contributed by atoms with Crippen LogP contribution >= 0.6 is 11.3 Å². The van der Waals surface area contributed by atoms with Crippen LogP contribution in [0.1, 0.15) is 53.2 Å². The topological polar surface area (TPSA) is 66.4 Å². The molecule has 1 aliphatic rings. The van der Waals surface area contributed by atoms with E-state index >= 15 is 0 Å². The van der Waals surface area contributed by atoms with Crippen molar-refractivity contribution in [3.63, 3.8) is 0 Å². The number of aryl methyl sites for hydroxylation is 2. The first kappa shape index (κ1) is 14.1. The summed E-state index contributed by atoms with van der Waals surface area (Å²) in [5, 5.41) is 11.6. The molecule has 0 unspecified atom stereocenters. The Bertz CT molecular complexity index is 481. The molecule has 0 spiro atoms. The zero-order valence-electron chi connectivity index (χ0n) is 11.3. The number of hydrogen-bond donors (Lipinski definition) is 2. The summed E-state index contributed by atoms with van der Waals surface area (Å²) in [6, 6.07) is 1.96. The van der Waals surface area contributed by atoms with Crippen molar-refractivity contribution in [3.8, 4) is 0 Å². The Morgan fingerprint density at radius 1 is 1.37 bits per heavy atom. The van der Waals surface area contributed by atoms with E-state index < -0.39 is 11.5 Å². The van der Waals surface area contributed by atoms with Gasteiger partial charge in [-0.05, 0) is 51.2 Å².